The van der Waals surface area contributed by atoms with Crippen molar-refractivity contribution in [2.24, 2.45) is 5.92 Å². The van der Waals surface area contributed by atoms with Crippen molar-refractivity contribution in [3.05, 3.63) is 35.9 Å². The van der Waals surface area contributed by atoms with E-state index in [2.05, 4.69) is 16.0 Å². The molecule has 1 aromatic carbocycles. The Labute approximate surface area is 165 Å². The highest BCUT2D eigenvalue weighted by Gasteiger charge is 2.39. The van der Waals surface area contributed by atoms with Gasteiger partial charge in [0.1, 0.15) is 0 Å². The first-order valence-electron chi connectivity index (χ1n) is 9.36. The van der Waals surface area contributed by atoms with Crippen LogP contribution in [-0.2, 0) is 14.4 Å². The predicted molar refractivity (Wildman–Crippen MR) is 104 cm³/mol. The molecule has 1 aromatic rings. The largest absolute Gasteiger partial charge is 0.354 e. The summed E-state index contributed by atoms with van der Waals surface area (Å²) in [6.07, 6.45) is 0.209. The Bertz CT molecular complexity index is 727. The lowest BCUT2D eigenvalue weighted by atomic mass is 10.1. The van der Waals surface area contributed by atoms with E-state index in [9.17, 15) is 19.2 Å². The van der Waals surface area contributed by atoms with E-state index >= 15 is 0 Å². The zero-order valence-electron chi connectivity index (χ0n) is 16.6. The number of likely N-dealkylation sites (tertiary alicyclic amines) is 1. The number of hydrogen-bond donors (Lipinski definition) is 3. The summed E-state index contributed by atoms with van der Waals surface area (Å²) in [6, 6.07) is 8.63. The molecule has 28 heavy (non-hydrogen) atoms. The second-order valence-corrected chi connectivity index (χ2v) is 7.77. The van der Waals surface area contributed by atoms with E-state index < -0.39 is 0 Å². The molecule has 8 heteroatoms. The Morgan fingerprint density at radius 1 is 1.04 bits per heavy atom. The first-order chi connectivity index (χ1) is 13.2. The molecular formula is C20H28N4O4. The van der Waals surface area contributed by atoms with Crippen LogP contribution >= 0.6 is 0 Å². The number of carbonyl (C=O) groups excluding carboxylic acids is 4. The lowest BCUT2D eigenvalue weighted by molar-refractivity contribution is -0.132. The number of rotatable bonds is 7. The average molecular weight is 388 g/mol. The summed E-state index contributed by atoms with van der Waals surface area (Å²) in [5, 5.41) is 7.91. The summed E-state index contributed by atoms with van der Waals surface area (Å²) in [6.45, 7) is 6.60. The van der Waals surface area contributed by atoms with Crippen LogP contribution < -0.4 is 16.0 Å². The van der Waals surface area contributed by atoms with Gasteiger partial charge in [0.15, 0.2) is 0 Å². The molecular weight excluding hydrogens is 360 g/mol. The van der Waals surface area contributed by atoms with Gasteiger partial charge >= 0.3 is 0 Å². The molecule has 1 unspecified atom stereocenters. The third kappa shape index (κ3) is 6.07. The van der Waals surface area contributed by atoms with E-state index in [0.717, 1.165) is 0 Å². The average Bonchev–Trinajstić information content (AvgIpc) is 3.06. The van der Waals surface area contributed by atoms with Crippen molar-refractivity contribution >= 4 is 23.6 Å². The van der Waals surface area contributed by atoms with Crippen molar-refractivity contribution < 1.29 is 19.2 Å². The molecule has 0 bridgehead atoms. The van der Waals surface area contributed by atoms with Gasteiger partial charge < -0.3 is 20.9 Å². The number of nitrogens with zero attached hydrogens (tertiary/aromatic N) is 1. The van der Waals surface area contributed by atoms with E-state index in [1.54, 1.807) is 35.2 Å². The number of amides is 4. The van der Waals surface area contributed by atoms with Crippen LogP contribution in [0.4, 0.5) is 0 Å². The molecule has 4 amide bonds. The Hall–Kier alpha value is -2.90. The molecule has 0 aromatic heterocycles. The Kier molecular flexibility index (Phi) is 7.14. The Morgan fingerprint density at radius 2 is 1.68 bits per heavy atom. The SMILES string of the molecule is CC(C)(C)N1CC(C(=O)NCCNC(=O)CNC(=O)c2ccccc2)CC1=O. The fraction of sp³-hybridized carbons (Fsp3) is 0.500. The van der Waals surface area contributed by atoms with Crippen LogP contribution in [-0.4, -0.2) is 60.2 Å². The highest BCUT2D eigenvalue weighted by molar-refractivity contribution is 5.96. The topological polar surface area (TPSA) is 108 Å². The van der Waals surface area contributed by atoms with Crippen molar-refractivity contribution in [3.8, 4) is 0 Å². The zero-order chi connectivity index (χ0) is 20.7. The second-order valence-electron chi connectivity index (χ2n) is 7.77. The van der Waals surface area contributed by atoms with E-state index in [-0.39, 0.29) is 61.1 Å². The van der Waals surface area contributed by atoms with Crippen LogP contribution in [0.25, 0.3) is 0 Å². The van der Waals surface area contributed by atoms with Crippen LogP contribution in [0.1, 0.15) is 37.6 Å². The fourth-order valence-electron chi connectivity index (χ4n) is 2.98. The lowest BCUT2D eigenvalue weighted by Crippen LogP contribution is -2.44. The van der Waals surface area contributed by atoms with Crippen LogP contribution in [0.5, 0.6) is 0 Å². The number of hydrogen-bond acceptors (Lipinski definition) is 4. The third-order valence-electron chi connectivity index (χ3n) is 4.50. The monoisotopic (exact) mass is 388 g/mol. The summed E-state index contributed by atoms with van der Waals surface area (Å²) in [5.41, 5.74) is 0.183. The van der Waals surface area contributed by atoms with Gasteiger partial charge in [-0.1, -0.05) is 18.2 Å². The summed E-state index contributed by atoms with van der Waals surface area (Å²) >= 11 is 0. The van der Waals surface area contributed by atoms with E-state index in [4.69, 9.17) is 0 Å². The summed E-state index contributed by atoms with van der Waals surface area (Å²) in [7, 11) is 0. The molecule has 2 rings (SSSR count). The highest BCUT2D eigenvalue weighted by Crippen LogP contribution is 2.25. The molecule has 1 aliphatic heterocycles. The van der Waals surface area contributed by atoms with Gasteiger partial charge in [-0.25, -0.2) is 0 Å². The smallest absolute Gasteiger partial charge is 0.251 e. The van der Waals surface area contributed by atoms with Gasteiger partial charge in [0.05, 0.1) is 12.5 Å². The first-order valence-corrected chi connectivity index (χ1v) is 9.36. The minimum Gasteiger partial charge on any atom is -0.354 e. The van der Waals surface area contributed by atoms with Crippen LogP contribution in [0.3, 0.4) is 0 Å². The van der Waals surface area contributed by atoms with Gasteiger partial charge in [-0.05, 0) is 32.9 Å². The maximum atomic E-state index is 12.2. The zero-order valence-corrected chi connectivity index (χ0v) is 16.6. The van der Waals surface area contributed by atoms with E-state index in [1.807, 2.05) is 20.8 Å². The standard InChI is InChI=1S/C20H28N4O4/c1-20(2,3)24-13-15(11-17(24)26)19(28)22-10-9-21-16(25)12-23-18(27)14-7-5-4-6-8-14/h4-8,15H,9-13H2,1-3H3,(H,21,25)(H,22,28)(H,23,27). The Balaban J connectivity index is 1.63. The highest BCUT2D eigenvalue weighted by atomic mass is 16.2. The van der Waals surface area contributed by atoms with Crippen LogP contribution in [0.2, 0.25) is 0 Å². The molecule has 0 radical (unpaired) electrons. The van der Waals surface area contributed by atoms with E-state index in [1.165, 1.54) is 0 Å². The van der Waals surface area contributed by atoms with Gasteiger partial charge in [0.2, 0.25) is 17.7 Å². The predicted octanol–water partition coefficient (Wildman–Crippen LogP) is 0.296. The molecule has 3 N–H and O–H groups in total. The van der Waals surface area contributed by atoms with Crippen LogP contribution in [0, 0.1) is 5.92 Å². The molecule has 1 atom stereocenters. The minimum absolute atomic E-state index is 0.0184. The normalized spacial score (nSPS) is 16.6. The van der Waals surface area contributed by atoms with Crippen molar-refractivity contribution in [2.45, 2.75) is 32.7 Å². The summed E-state index contributed by atoms with van der Waals surface area (Å²) in [5.74, 6) is -1.23. The Morgan fingerprint density at radius 3 is 2.29 bits per heavy atom. The number of benzene rings is 1. The molecule has 1 heterocycles. The fourth-order valence-corrected chi connectivity index (χ4v) is 2.98. The van der Waals surface area contributed by atoms with Gasteiger partial charge in [-0.3, -0.25) is 19.2 Å². The first kappa shape index (κ1) is 21.4. The molecule has 0 aliphatic carbocycles. The molecule has 1 aliphatic rings. The maximum Gasteiger partial charge on any atom is 0.251 e. The molecule has 8 nitrogen and oxygen atoms in total. The molecule has 152 valence electrons. The summed E-state index contributed by atoms with van der Waals surface area (Å²) < 4.78 is 0. The number of nitrogens with one attached hydrogen (secondary N) is 3. The number of carbonyl (C=O) groups is 4. The molecule has 1 fully saturated rings. The molecule has 0 saturated carbocycles. The van der Waals surface area contributed by atoms with Crippen molar-refractivity contribution in [1.29, 1.82) is 0 Å². The molecule has 1 saturated heterocycles. The van der Waals surface area contributed by atoms with E-state index in [0.29, 0.717) is 12.1 Å². The summed E-state index contributed by atoms with van der Waals surface area (Å²) in [4.78, 5) is 49.6. The maximum absolute atomic E-state index is 12.2. The van der Waals surface area contributed by atoms with Crippen molar-refractivity contribution in [1.82, 2.24) is 20.9 Å². The third-order valence-corrected chi connectivity index (χ3v) is 4.50. The van der Waals surface area contributed by atoms with Gasteiger partial charge in [0.25, 0.3) is 5.91 Å². The minimum atomic E-state index is -0.368. The van der Waals surface area contributed by atoms with Gasteiger partial charge in [-0.15, -0.1) is 0 Å². The quantitative estimate of drug-likeness (QED) is 0.584. The molecule has 0 spiro atoms. The van der Waals surface area contributed by atoms with Crippen molar-refractivity contribution in [3.63, 3.8) is 0 Å². The van der Waals surface area contributed by atoms with Gasteiger partial charge in [-0.2, -0.15) is 0 Å². The second kappa shape index (κ2) is 9.34. The van der Waals surface area contributed by atoms with Gasteiger partial charge in [0, 0.05) is 37.2 Å². The van der Waals surface area contributed by atoms with Crippen molar-refractivity contribution in [2.75, 3.05) is 26.2 Å². The van der Waals surface area contributed by atoms with Crippen LogP contribution in [0.15, 0.2) is 30.3 Å². The lowest BCUT2D eigenvalue weighted by Gasteiger charge is -2.31.